The van der Waals surface area contributed by atoms with Crippen LogP contribution in [0.4, 0.5) is 4.79 Å². The Morgan fingerprint density at radius 3 is 2.50 bits per heavy atom. The van der Waals surface area contributed by atoms with E-state index in [4.69, 9.17) is 16.3 Å². The van der Waals surface area contributed by atoms with Crippen LogP contribution in [0.3, 0.4) is 0 Å². The first-order valence-electron chi connectivity index (χ1n) is 7.12. The standard InChI is InChI=1S/C12H20ClN3O6/c13-3-4-16(14-21)12(20)15(5-7-1-2-7)11-10(19)9(18)8(17)6-22-11/h7-11,17-19H,1-6H2/t8-,9+,10-,11?/m1/s1. The van der Waals surface area contributed by atoms with Crippen LogP contribution in [0.1, 0.15) is 12.8 Å². The van der Waals surface area contributed by atoms with E-state index in [0.29, 0.717) is 5.01 Å². The van der Waals surface area contributed by atoms with E-state index < -0.39 is 30.6 Å². The SMILES string of the molecule is O=NN(CCCl)C(=O)N(CC1CC1)C1OC[C@@H](O)[C@H](O)[C@H]1O. The largest absolute Gasteiger partial charge is 0.388 e. The molecule has 3 N–H and O–H groups in total. The Morgan fingerprint density at radius 2 is 1.95 bits per heavy atom. The average molecular weight is 338 g/mol. The summed E-state index contributed by atoms with van der Waals surface area (Å²) in [6.07, 6.45) is -3.42. The maximum absolute atomic E-state index is 12.4. The third-order valence-electron chi connectivity index (χ3n) is 3.79. The number of rotatable bonds is 6. The second kappa shape index (κ2) is 7.51. The summed E-state index contributed by atoms with van der Waals surface area (Å²) in [7, 11) is 0. The number of amides is 2. The Balaban J connectivity index is 2.14. The molecule has 9 nitrogen and oxygen atoms in total. The maximum atomic E-state index is 12.4. The molecule has 1 saturated heterocycles. The zero-order valence-corrected chi connectivity index (χ0v) is 12.7. The number of alkyl halides is 1. The summed E-state index contributed by atoms with van der Waals surface area (Å²) in [6.45, 7) is -0.0158. The fourth-order valence-electron chi connectivity index (χ4n) is 2.33. The number of urea groups is 1. The van der Waals surface area contributed by atoms with Crippen LogP contribution in [0.25, 0.3) is 0 Å². The van der Waals surface area contributed by atoms with Crippen LogP contribution in [0.2, 0.25) is 0 Å². The minimum atomic E-state index is -1.48. The van der Waals surface area contributed by atoms with Crippen LogP contribution in [0.5, 0.6) is 0 Å². The lowest BCUT2D eigenvalue weighted by atomic mass is 10.0. The van der Waals surface area contributed by atoms with Crippen molar-refractivity contribution in [3.05, 3.63) is 4.91 Å². The zero-order chi connectivity index (χ0) is 16.3. The van der Waals surface area contributed by atoms with Crippen LogP contribution >= 0.6 is 11.6 Å². The molecule has 1 saturated carbocycles. The molecule has 0 radical (unpaired) electrons. The number of nitrogens with zero attached hydrogens (tertiary/aromatic N) is 3. The molecule has 1 aliphatic carbocycles. The van der Waals surface area contributed by atoms with E-state index in [1.807, 2.05) is 0 Å². The normalized spacial score (nSPS) is 31.6. The highest BCUT2D eigenvalue weighted by atomic mass is 35.5. The fourth-order valence-corrected chi connectivity index (χ4v) is 2.49. The number of carbonyl (C=O) groups excluding carboxylic acids is 1. The van der Waals surface area contributed by atoms with Crippen LogP contribution in [0, 0.1) is 10.8 Å². The second-order valence-corrected chi connectivity index (χ2v) is 5.92. The molecule has 2 amide bonds. The first kappa shape index (κ1) is 17.4. The van der Waals surface area contributed by atoms with Crippen molar-refractivity contribution >= 4 is 17.6 Å². The predicted octanol–water partition coefficient (Wildman–Crippen LogP) is -0.520. The molecule has 0 aromatic rings. The van der Waals surface area contributed by atoms with Gasteiger partial charge in [0.2, 0.25) is 0 Å². The molecular formula is C12H20ClN3O6. The van der Waals surface area contributed by atoms with Gasteiger partial charge in [-0.2, -0.15) is 5.01 Å². The van der Waals surface area contributed by atoms with Crippen molar-refractivity contribution in [2.75, 3.05) is 25.6 Å². The number of ether oxygens (including phenoxy) is 1. The van der Waals surface area contributed by atoms with Crippen LogP contribution in [0.15, 0.2) is 5.29 Å². The van der Waals surface area contributed by atoms with Crippen molar-refractivity contribution in [2.24, 2.45) is 11.2 Å². The average Bonchev–Trinajstić information content (AvgIpc) is 3.32. The molecule has 0 aromatic heterocycles. The predicted molar refractivity (Wildman–Crippen MR) is 75.8 cm³/mol. The Labute approximate surface area is 132 Å². The van der Waals surface area contributed by atoms with Gasteiger partial charge < -0.3 is 20.1 Å². The van der Waals surface area contributed by atoms with Gasteiger partial charge in [-0.05, 0) is 18.8 Å². The van der Waals surface area contributed by atoms with Crippen molar-refractivity contribution in [3.63, 3.8) is 0 Å². The quantitative estimate of drug-likeness (QED) is 0.340. The fraction of sp³-hybridized carbons (Fsp3) is 0.917. The van der Waals surface area contributed by atoms with Crippen molar-refractivity contribution in [2.45, 2.75) is 37.4 Å². The van der Waals surface area contributed by atoms with Gasteiger partial charge in [-0.25, -0.2) is 4.79 Å². The van der Waals surface area contributed by atoms with Crippen molar-refractivity contribution in [1.29, 1.82) is 0 Å². The van der Waals surface area contributed by atoms with Gasteiger partial charge in [0.15, 0.2) is 6.23 Å². The van der Waals surface area contributed by atoms with Gasteiger partial charge in [0.1, 0.15) is 18.3 Å². The van der Waals surface area contributed by atoms with Gasteiger partial charge in [-0.1, -0.05) is 0 Å². The summed E-state index contributed by atoms with van der Waals surface area (Å²) in [5.74, 6) is 0.290. The number of hydrogen-bond donors (Lipinski definition) is 3. The van der Waals surface area contributed by atoms with Gasteiger partial charge in [-0.3, -0.25) is 4.90 Å². The summed E-state index contributed by atoms with van der Waals surface area (Å²) in [6, 6.07) is -0.741. The van der Waals surface area contributed by atoms with Gasteiger partial charge in [-0.15, -0.1) is 16.5 Å². The molecular weight excluding hydrogens is 318 g/mol. The molecule has 0 bridgehead atoms. The van der Waals surface area contributed by atoms with Crippen LogP contribution in [-0.4, -0.2) is 81.4 Å². The molecule has 1 heterocycles. The molecule has 2 fully saturated rings. The monoisotopic (exact) mass is 337 g/mol. The van der Waals surface area contributed by atoms with E-state index in [1.54, 1.807) is 0 Å². The summed E-state index contributed by atoms with van der Waals surface area (Å²) < 4.78 is 5.30. The minimum Gasteiger partial charge on any atom is -0.388 e. The first-order valence-corrected chi connectivity index (χ1v) is 7.66. The highest BCUT2D eigenvalue weighted by Crippen LogP contribution is 2.32. The van der Waals surface area contributed by atoms with Crippen LogP contribution < -0.4 is 0 Å². The lowest BCUT2D eigenvalue weighted by Crippen LogP contribution is -2.62. The number of aliphatic hydroxyl groups excluding tert-OH is 3. The van der Waals surface area contributed by atoms with Crippen LogP contribution in [-0.2, 0) is 4.74 Å². The van der Waals surface area contributed by atoms with E-state index in [1.165, 1.54) is 4.90 Å². The smallest absolute Gasteiger partial charge is 0.345 e. The molecule has 1 unspecified atom stereocenters. The molecule has 4 atom stereocenters. The number of carbonyl (C=O) groups is 1. The van der Waals surface area contributed by atoms with E-state index in [9.17, 15) is 25.0 Å². The highest BCUT2D eigenvalue weighted by Gasteiger charge is 2.44. The van der Waals surface area contributed by atoms with Gasteiger partial charge >= 0.3 is 6.03 Å². The molecule has 1 aliphatic heterocycles. The van der Waals surface area contributed by atoms with E-state index in [0.717, 1.165) is 12.8 Å². The molecule has 10 heteroatoms. The number of halogens is 1. The number of nitroso groups, excluding NO2 is 1. The molecule has 2 aliphatic rings. The van der Waals surface area contributed by atoms with Gasteiger partial charge in [0, 0.05) is 12.4 Å². The maximum Gasteiger partial charge on any atom is 0.345 e. The minimum absolute atomic E-state index is 0.0319. The van der Waals surface area contributed by atoms with E-state index in [2.05, 4.69) is 5.29 Å². The van der Waals surface area contributed by atoms with E-state index >= 15 is 0 Å². The molecule has 126 valence electrons. The number of hydrogen-bond acceptors (Lipinski definition) is 7. The highest BCUT2D eigenvalue weighted by molar-refractivity contribution is 6.18. The Kier molecular flexibility index (Phi) is 5.93. The first-order chi connectivity index (χ1) is 10.5. The van der Waals surface area contributed by atoms with Crippen molar-refractivity contribution in [3.8, 4) is 0 Å². The van der Waals surface area contributed by atoms with E-state index in [-0.39, 0.29) is 31.5 Å². The Morgan fingerprint density at radius 1 is 1.27 bits per heavy atom. The Bertz CT molecular complexity index is 410. The van der Waals surface area contributed by atoms with Gasteiger partial charge in [0.05, 0.1) is 18.4 Å². The lowest BCUT2D eigenvalue weighted by molar-refractivity contribution is -0.220. The summed E-state index contributed by atoms with van der Waals surface area (Å²) in [5, 5.41) is 32.6. The Hall–Kier alpha value is -1.00. The second-order valence-electron chi connectivity index (χ2n) is 5.54. The summed E-state index contributed by atoms with van der Waals surface area (Å²) in [5.41, 5.74) is 0. The van der Waals surface area contributed by atoms with Crippen molar-refractivity contribution in [1.82, 2.24) is 9.91 Å². The summed E-state index contributed by atoms with van der Waals surface area (Å²) in [4.78, 5) is 24.4. The van der Waals surface area contributed by atoms with Gasteiger partial charge in [0.25, 0.3) is 0 Å². The molecule has 22 heavy (non-hydrogen) atoms. The number of aliphatic hydroxyl groups is 3. The third-order valence-corrected chi connectivity index (χ3v) is 3.96. The zero-order valence-electron chi connectivity index (χ0n) is 11.9. The topological polar surface area (TPSA) is 123 Å². The summed E-state index contributed by atoms with van der Waals surface area (Å²) >= 11 is 5.53. The molecule has 0 spiro atoms. The molecule has 2 rings (SSSR count). The lowest BCUT2D eigenvalue weighted by Gasteiger charge is -2.41. The third kappa shape index (κ3) is 3.85. The van der Waals surface area contributed by atoms with Crippen molar-refractivity contribution < 1.29 is 24.9 Å². The molecule has 0 aromatic carbocycles.